The van der Waals surface area contributed by atoms with E-state index in [1.54, 1.807) is 35.3 Å². The zero-order chi connectivity index (χ0) is 44.7. The smallest absolute Gasteiger partial charge is 0.791 e. The molecule has 5 nitrogen and oxygen atoms in total. The average molecular weight is 970 g/mol. The van der Waals surface area contributed by atoms with Crippen molar-refractivity contribution in [2.24, 2.45) is 0 Å². The van der Waals surface area contributed by atoms with Crippen molar-refractivity contribution in [3.05, 3.63) is 181 Å². The maximum atomic E-state index is 11.1. The van der Waals surface area contributed by atoms with Gasteiger partial charge in [0.1, 0.15) is 0 Å². The molecule has 6 aromatic carbocycles. The van der Waals surface area contributed by atoms with Crippen LogP contribution in [0.5, 0.6) is 0 Å². The molecular formula is C47H53AlBrCl4NaO5. The summed E-state index contributed by atoms with van der Waals surface area (Å²) >= 11 is 4.60. The van der Waals surface area contributed by atoms with E-state index >= 15 is 0 Å². The van der Waals surface area contributed by atoms with Gasteiger partial charge < -0.3 is 9.30 Å². The molecule has 6 rings (SSSR count). The van der Waals surface area contributed by atoms with E-state index in [1.165, 1.54) is 23.6 Å². The molecule has 0 atom stereocenters. The number of aromatic carboxylic acids is 1. The molecule has 0 unspecified atom stereocenters. The fourth-order valence-corrected chi connectivity index (χ4v) is 4.23. The molecule has 6 aromatic rings. The Morgan fingerprint density at radius 3 is 0.780 bits per heavy atom. The van der Waals surface area contributed by atoms with Crippen LogP contribution in [0.3, 0.4) is 0 Å². The topological polar surface area (TPSA) is 94.5 Å². The SMILES string of the molecule is CC.CC.CC.CC(=O)Cl.CC(=O)c1ccc(-c2ccccc2)cc1.O=C(O)c1ccc(-c2ccccc2)cc1.[Cl][Al]([Cl])[Cl].[Na+].[O-]Br.c1ccc(-c2ccccc2)cc1. The van der Waals surface area contributed by atoms with E-state index in [4.69, 9.17) is 39.5 Å². The zero-order valence-electron chi connectivity index (χ0n) is 35.2. The third kappa shape index (κ3) is 32.7. The third-order valence-electron chi connectivity index (χ3n) is 6.52. The van der Waals surface area contributed by atoms with E-state index in [9.17, 15) is 14.4 Å². The van der Waals surface area contributed by atoms with Crippen LogP contribution < -0.4 is 33.8 Å². The second kappa shape index (κ2) is 43.4. The summed E-state index contributed by atoms with van der Waals surface area (Å²) in [5, 5.41) is 8.39. The number of ketones is 1. The van der Waals surface area contributed by atoms with Crippen molar-refractivity contribution in [1.29, 1.82) is 0 Å². The van der Waals surface area contributed by atoms with Crippen LogP contribution in [-0.2, 0) is 4.79 Å². The van der Waals surface area contributed by atoms with E-state index in [1.807, 2.05) is 139 Å². The van der Waals surface area contributed by atoms with E-state index in [-0.39, 0.29) is 40.6 Å². The van der Waals surface area contributed by atoms with Crippen LogP contribution in [0.25, 0.3) is 33.4 Å². The molecule has 0 aliphatic heterocycles. The minimum Gasteiger partial charge on any atom is -0.791 e. The third-order valence-corrected chi connectivity index (χ3v) is 6.52. The fourth-order valence-electron chi connectivity index (χ4n) is 4.23. The first-order chi connectivity index (χ1) is 28.0. The van der Waals surface area contributed by atoms with Crippen molar-refractivity contribution in [1.82, 2.24) is 0 Å². The van der Waals surface area contributed by atoms with Gasteiger partial charge in [-0.3, -0.25) is 9.59 Å². The van der Waals surface area contributed by atoms with Crippen LogP contribution in [-0.4, -0.2) is 33.5 Å². The first-order valence-electron chi connectivity index (χ1n) is 18.4. The number of carbonyl (C=O) groups is 3. The number of carbonyl (C=O) groups excluding carboxylic acids is 2. The van der Waals surface area contributed by atoms with Crippen LogP contribution >= 0.6 is 58.0 Å². The number of hydrogen-bond acceptors (Lipinski definition) is 4. The van der Waals surface area contributed by atoms with Gasteiger partial charge in [-0.25, -0.2) is 51.2 Å². The standard InChI is InChI=1S/C14H12O.C13H10O2.C12H10.C2H3ClO.3C2H6.Al.BrO.3ClH.Na/c1-11(15)12-7-9-14(10-8-12)13-5-3-2-4-6-13;14-13(15)12-8-6-11(7-9-12)10-4-2-1-3-5-10;1-3-7-11(8-4-1)12-9-5-2-6-10-12;1-2(3)4;3*1-2;;1-2;;;;/h2-10H,1H3;1-9H,(H,14,15);1-10H;1H3;3*1-2H3;;;3*1H;/q;;;;;;;+3;-1;;;;+1/p-3. The van der Waals surface area contributed by atoms with E-state index in [0.717, 1.165) is 22.3 Å². The molecule has 59 heavy (non-hydrogen) atoms. The van der Waals surface area contributed by atoms with Crippen molar-refractivity contribution in [3.8, 4) is 33.4 Å². The summed E-state index contributed by atoms with van der Waals surface area (Å²) in [7, 11) is 14.8. The predicted molar refractivity (Wildman–Crippen MR) is 255 cm³/mol. The second-order valence-electron chi connectivity index (χ2n) is 10.2. The number of benzene rings is 6. The molecule has 0 fully saturated rings. The number of halogens is 5. The Balaban J connectivity index is -0.000000325. The molecule has 0 aliphatic rings. The van der Waals surface area contributed by atoms with Crippen molar-refractivity contribution in [3.63, 3.8) is 0 Å². The van der Waals surface area contributed by atoms with Crippen LogP contribution in [0, 0.1) is 0 Å². The number of carboxylic acids is 1. The maximum absolute atomic E-state index is 11.1. The second-order valence-corrected chi connectivity index (χ2v) is 17.2. The van der Waals surface area contributed by atoms with Gasteiger partial charge in [0.15, 0.2) is 5.78 Å². The molecule has 0 saturated carbocycles. The summed E-state index contributed by atoms with van der Waals surface area (Å²) in [6.07, 6.45) is 0. The number of carboxylic acid groups (broad SMARTS) is 1. The summed E-state index contributed by atoms with van der Waals surface area (Å²) < 4.78 is 8.06. The molecule has 0 aromatic heterocycles. The molecule has 0 heterocycles. The number of rotatable bonds is 5. The van der Waals surface area contributed by atoms with Crippen molar-refractivity contribution >= 4 is 86.4 Å². The van der Waals surface area contributed by atoms with Crippen LogP contribution in [0.15, 0.2) is 170 Å². The maximum Gasteiger partial charge on any atom is 1.00 e. The monoisotopic (exact) mass is 966 g/mol. The normalized spacial score (nSPS) is 8.31. The Morgan fingerprint density at radius 2 is 0.610 bits per heavy atom. The molecule has 0 amide bonds. The molecule has 0 aliphatic carbocycles. The van der Waals surface area contributed by atoms with Crippen molar-refractivity contribution < 1.29 is 53.2 Å². The first kappa shape index (κ1) is 62.9. The van der Waals surface area contributed by atoms with Gasteiger partial charge in [-0.15, -0.1) is 0 Å². The van der Waals surface area contributed by atoms with E-state index in [0.29, 0.717) is 5.56 Å². The molecule has 1 N–H and O–H groups in total. The fraction of sp³-hybridized carbons (Fsp3) is 0.170. The van der Waals surface area contributed by atoms with Gasteiger partial charge >= 0.3 is 46.9 Å². The molecule has 0 radical (unpaired) electrons. The van der Waals surface area contributed by atoms with Gasteiger partial charge in [-0.1, -0.05) is 199 Å². The van der Waals surface area contributed by atoms with E-state index in [2.05, 4.69) is 72.3 Å². The Labute approximate surface area is 405 Å². The quantitative estimate of drug-likeness (QED) is 0.106. The number of Topliss-reactive ketones (excluding diaryl/α,β-unsaturated/α-hetero) is 1. The molecule has 310 valence electrons. The van der Waals surface area contributed by atoms with E-state index < -0.39 is 17.4 Å². The van der Waals surface area contributed by atoms with Gasteiger partial charge in [0.25, 0.3) is 0 Å². The molecule has 0 spiro atoms. The summed E-state index contributed by atoms with van der Waals surface area (Å²) in [5.41, 5.74) is 8.06. The Hall–Kier alpha value is -2.74. The van der Waals surface area contributed by atoms with Crippen LogP contribution in [0.4, 0.5) is 0 Å². The Morgan fingerprint density at radius 1 is 0.441 bits per heavy atom. The van der Waals surface area contributed by atoms with Gasteiger partial charge in [0.05, 0.1) is 5.56 Å². The van der Waals surface area contributed by atoms with Crippen molar-refractivity contribution in [2.45, 2.75) is 55.4 Å². The average Bonchev–Trinajstić information content (AvgIpc) is 3.28. The van der Waals surface area contributed by atoms with Gasteiger partial charge in [0, 0.05) is 12.5 Å². The van der Waals surface area contributed by atoms with Gasteiger partial charge in [-0.2, -0.15) is 0 Å². The minimum atomic E-state index is -1.72. The number of hydrogen-bond donors (Lipinski definition) is 1. The molecular weight excluding hydrogens is 916 g/mol. The summed E-state index contributed by atoms with van der Waals surface area (Å²) in [5.74, 6) is -0.788. The molecule has 0 bridgehead atoms. The van der Waals surface area contributed by atoms with Gasteiger partial charge in [-0.05, 0) is 64.0 Å². The van der Waals surface area contributed by atoms with Crippen molar-refractivity contribution in [2.75, 3.05) is 0 Å². The van der Waals surface area contributed by atoms with Gasteiger partial charge in [0.2, 0.25) is 5.24 Å². The largest absolute Gasteiger partial charge is 1.00 e. The minimum absolute atomic E-state index is 0. The van der Waals surface area contributed by atoms with Crippen LogP contribution in [0.2, 0.25) is 0 Å². The Kier molecular flexibility index (Phi) is 46.2. The first-order valence-corrected chi connectivity index (χ1v) is 24.6. The predicted octanol–water partition coefficient (Wildman–Crippen LogP) is 12.2. The van der Waals surface area contributed by atoms with Crippen LogP contribution in [0.1, 0.15) is 76.1 Å². The summed E-state index contributed by atoms with van der Waals surface area (Å²) in [6.45, 7) is 14.9. The summed E-state index contributed by atoms with van der Waals surface area (Å²) in [4.78, 5) is 31.0. The summed E-state index contributed by atoms with van der Waals surface area (Å²) in [6, 6.07) is 55.3. The Bertz CT molecular complexity index is 1720. The molecule has 12 heteroatoms. The molecule has 0 saturated heterocycles. The zero-order valence-corrected chi connectivity index (χ0v) is 43.0.